The van der Waals surface area contributed by atoms with E-state index in [-0.39, 0.29) is 30.5 Å². The molecule has 0 bridgehead atoms. The Labute approximate surface area is 123 Å². The van der Waals surface area contributed by atoms with E-state index in [1.165, 1.54) is 25.0 Å². The molecule has 6 nitrogen and oxygen atoms in total. The highest BCUT2D eigenvalue weighted by Crippen LogP contribution is 2.27. The second-order valence-corrected chi connectivity index (χ2v) is 4.88. The number of non-ortho nitro benzene ring substituents is 1. The number of aryl methyl sites for hydroxylation is 1. The van der Waals surface area contributed by atoms with Crippen molar-refractivity contribution >= 4 is 29.7 Å². The summed E-state index contributed by atoms with van der Waals surface area (Å²) >= 11 is 0. The van der Waals surface area contributed by atoms with Gasteiger partial charge in [-0.3, -0.25) is 14.9 Å². The van der Waals surface area contributed by atoms with Crippen LogP contribution in [0.25, 0.3) is 0 Å². The summed E-state index contributed by atoms with van der Waals surface area (Å²) in [7, 11) is 0. The molecule has 1 aliphatic carbocycles. The number of carbonyl (C=O) groups excluding carboxylic acids is 1. The third-order valence-corrected chi connectivity index (χ3v) is 3.12. The summed E-state index contributed by atoms with van der Waals surface area (Å²) in [5.74, 6) is 0.539. The van der Waals surface area contributed by atoms with E-state index < -0.39 is 4.92 Å². The lowest BCUT2D eigenvalue weighted by Crippen LogP contribution is -2.29. The second-order valence-electron chi connectivity index (χ2n) is 4.88. The fourth-order valence-corrected chi connectivity index (χ4v) is 1.76. The topological polar surface area (TPSA) is 84.3 Å². The molecule has 1 fully saturated rings. The van der Waals surface area contributed by atoms with E-state index in [0.717, 1.165) is 12.1 Å². The van der Waals surface area contributed by atoms with Gasteiger partial charge in [-0.15, -0.1) is 12.4 Å². The zero-order valence-electron chi connectivity index (χ0n) is 11.2. The molecule has 0 radical (unpaired) electrons. The molecule has 2 rings (SSSR count). The monoisotopic (exact) mass is 299 g/mol. The molecule has 1 amide bonds. The van der Waals surface area contributed by atoms with Crippen molar-refractivity contribution in [3.8, 4) is 0 Å². The van der Waals surface area contributed by atoms with Gasteiger partial charge in [-0.2, -0.15) is 0 Å². The van der Waals surface area contributed by atoms with Crippen LogP contribution in [-0.2, 0) is 4.79 Å². The maximum atomic E-state index is 11.7. The quantitative estimate of drug-likeness (QED) is 0.623. The van der Waals surface area contributed by atoms with Crippen molar-refractivity contribution in [2.45, 2.75) is 19.8 Å². The Hall–Kier alpha value is -1.66. The number of anilines is 1. The van der Waals surface area contributed by atoms with Crippen molar-refractivity contribution in [2.75, 3.05) is 18.4 Å². The molecule has 7 heteroatoms. The van der Waals surface area contributed by atoms with E-state index in [4.69, 9.17) is 0 Å². The average molecular weight is 300 g/mol. The Balaban J connectivity index is 0.00000200. The lowest BCUT2D eigenvalue weighted by molar-refractivity contribution is -0.384. The summed E-state index contributed by atoms with van der Waals surface area (Å²) in [6.45, 7) is 2.90. The molecule has 0 aliphatic heterocycles. The number of amides is 1. The molecule has 1 aromatic rings. The maximum absolute atomic E-state index is 11.7. The molecule has 0 spiro atoms. The van der Waals surface area contributed by atoms with Crippen molar-refractivity contribution in [2.24, 2.45) is 5.92 Å². The molecule has 1 saturated carbocycles. The second kappa shape index (κ2) is 7.21. The van der Waals surface area contributed by atoms with Gasteiger partial charge in [-0.05, 0) is 37.8 Å². The number of benzene rings is 1. The number of hydrogen-bond acceptors (Lipinski definition) is 4. The van der Waals surface area contributed by atoms with Gasteiger partial charge in [0.15, 0.2) is 0 Å². The zero-order chi connectivity index (χ0) is 13.8. The van der Waals surface area contributed by atoms with Crippen LogP contribution in [0.3, 0.4) is 0 Å². The van der Waals surface area contributed by atoms with Crippen molar-refractivity contribution in [1.29, 1.82) is 0 Å². The third-order valence-electron chi connectivity index (χ3n) is 3.12. The van der Waals surface area contributed by atoms with Gasteiger partial charge >= 0.3 is 0 Å². The average Bonchev–Trinajstić information content (AvgIpc) is 3.15. The van der Waals surface area contributed by atoms with Crippen molar-refractivity contribution < 1.29 is 9.72 Å². The first-order valence-corrected chi connectivity index (χ1v) is 6.32. The standard InChI is InChI=1S/C13H17N3O3.ClH/c1-9-2-5-11(16(18)19)6-12(9)15-13(17)8-14-7-10-3-4-10;/h2,5-6,10,14H,3-4,7-8H2,1H3,(H,15,17);1H. The Morgan fingerprint density at radius 3 is 2.75 bits per heavy atom. The van der Waals surface area contributed by atoms with Gasteiger partial charge in [0, 0.05) is 12.1 Å². The molecule has 110 valence electrons. The lowest BCUT2D eigenvalue weighted by Gasteiger charge is -2.08. The predicted molar refractivity (Wildman–Crippen MR) is 79.3 cm³/mol. The van der Waals surface area contributed by atoms with Crippen LogP contribution in [0.4, 0.5) is 11.4 Å². The largest absolute Gasteiger partial charge is 0.324 e. The van der Waals surface area contributed by atoms with E-state index in [1.54, 1.807) is 13.0 Å². The molecule has 1 aromatic carbocycles. The summed E-state index contributed by atoms with van der Waals surface area (Å²) in [6.07, 6.45) is 2.47. The predicted octanol–water partition coefficient (Wildman–Crippen LogP) is 2.26. The van der Waals surface area contributed by atoms with Crippen LogP contribution < -0.4 is 10.6 Å². The smallest absolute Gasteiger partial charge is 0.271 e. The number of nitro benzene ring substituents is 1. The lowest BCUT2D eigenvalue weighted by atomic mass is 10.2. The SMILES string of the molecule is Cc1ccc([N+](=O)[O-])cc1NC(=O)CNCC1CC1.Cl. The number of rotatable bonds is 6. The highest BCUT2D eigenvalue weighted by Gasteiger charge is 2.20. The van der Waals surface area contributed by atoms with Gasteiger partial charge in [-0.1, -0.05) is 6.07 Å². The fourth-order valence-electron chi connectivity index (χ4n) is 1.76. The summed E-state index contributed by atoms with van der Waals surface area (Å²) in [4.78, 5) is 21.9. The molecular formula is C13H18ClN3O3. The maximum Gasteiger partial charge on any atom is 0.271 e. The molecule has 0 atom stereocenters. The van der Waals surface area contributed by atoms with Crippen LogP contribution >= 0.6 is 12.4 Å². The van der Waals surface area contributed by atoms with Crippen molar-refractivity contribution in [3.63, 3.8) is 0 Å². The molecule has 0 heterocycles. The Kier molecular flexibility index (Phi) is 5.91. The first-order valence-electron chi connectivity index (χ1n) is 6.32. The van der Waals surface area contributed by atoms with Gasteiger partial charge in [0.05, 0.1) is 17.2 Å². The summed E-state index contributed by atoms with van der Waals surface area (Å²) in [5, 5.41) is 16.5. The molecule has 0 unspecified atom stereocenters. The summed E-state index contributed by atoms with van der Waals surface area (Å²) < 4.78 is 0. The van der Waals surface area contributed by atoms with E-state index in [9.17, 15) is 14.9 Å². The highest BCUT2D eigenvalue weighted by molar-refractivity contribution is 5.93. The number of nitrogens with zero attached hydrogens (tertiary/aromatic N) is 1. The Bertz CT molecular complexity index is 504. The van der Waals surface area contributed by atoms with Crippen molar-refractivity contribution in [3.05, 3.63) is 33.9 Å². The minimum absolute atomic E-state index is 0. The Morgan fingerprint density at radius 1 is 1.45 bits per heavy atom. The van der Waals surface area contributed by atoms with Crippen LogP contribution in [0.15, 0.2) is 18.2 Å². The highest BCUT2D eigenvalue weighted by atomic mass is 35.5. The Morgan fingerprint density at radius 2 is 2.15 bits per heavy atom. The van der Waals surface area contributed by atoms with Gasteiger partial charge in [0.1, 0.15) is 0 Å². The number of nitrogens with one attached hydrogen (secondary N) is 2. The third kappa shape index (κ3) is 4.79. The van der Waals surface area contributed by atoms with Gasteiger partial charge in [0.2, 0.25) is 5.91 Å². The summed E-state index contributed by atoms with van der Waals surface area (Å²) in [6, 6.07) is 4.44. The number of hydrogen-bond donors (Lipinski definition) is 2. The molecular weight excluding hydrogens is 282 g/mol. The zero-order valence-corrected chi connectivity index (χ0v) is 12.0. The number of halogens is 1. The van der Waals surface area contributed by atoms with Gasteiger partial charge < -0.3 is 10.6 Å². The van der Waals surface area contributed by atoms with Crippen LogP contribution in [-0.4, -0.2) is 23.9 Å². The van der Waals surface area contributed by atoms with Crippen LogP contribution in [0.2, 0.25) is 0 Å². The van der Waals surface area contributed by atoms with E-state index in [2.05, 4.69) is 10.6 Å². The molecule has 0 saturated heterocycles. The van der Waals surface area contributed by atoms with E-state index >= 15 is 0 Å². The van der Waals surface area contributed by atoms with Crippen LogP contribution in [0.5, 0.6) is 0 Å². The number of nitro groups is 1. The molecule has 1 aliphatic rings. The molecule has 2 N–H and O–H groups in total. The first kappa shape index (κ1) is 16.4. The molecule has 20 heavy (non-hydrogen) atoms. The number of carbonyl (C=O) groups is 1. The molecule has 0 aromatic heterocycles. The summed E-state index contributed by atoms with van der Waals surface area (Å²) in [5.41, 5.74) is 1.28. The van der Waals surface area contributed by atoms with Gasteiger partial charge in [-0.25, -0.2) is 0 Å². The first-order chi connectivity index (χ1) is 9.06. The van der Waals surface area contributed by atoms with E-state index in [1.807, 2.05) is 0 Å². The fraction of sp³-hybridized carbons (Fsp3) is 0.462. The minimum Gasteiger partial charge on any atom is -0.324 e. The van der Waals surface area contributed by atoms with Crippen LogP contribution in [0, 0.1) is 23.0 Å². The normalized spacial score (nSPS) is 13.4. The van der Waals surface area contributed by atoms with E-state index in [0.29, 0.717) is 11.6 Å². The van der Waals surface area contributed by atoms with Crippen molar-refractivity contribution in [1.82, 2.24) is 5.32 Å². The van der Waals surface area contributed by atoms with Crippen LogP contribution in [0.1, 0.15) is 18.4 Å². The van der Waals surface area contributed by atoms with Gasteiger partial charge in [0.25, 0.3) is 5.69 Å². The minimum atomic E-state index is -0.472.